The smallest absolute Gasteiger partial charge is 0.0394 e. The molecule has 2 N–H and O–H groups in total. The summed E-state index contributed by atoms with van der Waals surface area (Å²) in [4.78, 5) is 0. The molecule has 10 aromatic carbocycles. The molecule has 2 heteroatoms. The minimum absolute atomic E-state index is 0.834. The van der Waals surface area contributed by atoms with Gasteiger partial charge in [0.15, 0.2) is 0 Å². The molecular weight excluding hydrogens is 779 g/mol. The third kappa shape index (κ3) is 9.59. The van der Waals surface area contributed by atoms with Gasteiger partial charge in [-0.15, -0.1) is 0 Å². The number of nitrogens with two attached hydrogens (primary N) is 1. The largest absolute Gasteiger partial charge is 0.398 e. The second-order valence-electron chi connectivity index (χ2n) is 14.4. The van der Waals surface area contributed by atoms with E-state index in [4.69, 9.17) is 5.73 Å². The van der Waals surface area contributed by atoms with Gasteiger partial charge in [0.2, 0.25) is 0 Å². The highest BCUT2D eigenvalue weighted by Gasteiger charge is 2.09. The van der Waals surface area contributed by atoms with Crippen molar-refractivity contribution in [3.05, 3.63) is 258 Å². The summed E-state index contributed by atoms with van der Waals surface area (Å²) in [7, 11) is 0. The summed E-state index contributed by atoms with van der Waals surface area (Å²) in [5.41, 5.74) is 19.6. The molecule has 10 aromatic rings. The molecule has 284 valence electrons. The Labute approximate surface area is 356 Å². The summed E-state index contributed by atoms with van der Waals surface area (Å²) in [6.45, 7) is 0. The number of anilines is 1. The average molecular weight is 823 g/mol. The van der Waals surface area contributed by atoms with E-state index in [1.165, 1.54) is 71.8 Å². The van der Waals surface area contributed by atoms with Gasteiger partial charge in [0.25, 0.3) is 0 Å². The third-order valence-corrected chi connectivity index (χ3v) is 11.1. The zero-order valence-electron chi connectivity index (χ0n) is 32.8. The van der Waals surface area contributed by atoms with Crippen LogP contribution in [0.15, 0.2) is 247 Å². The van der Waals surface area contributed by atoms with Crippen LogP contribution >= 0.6 is 15.9 Å². The SMILES string of the molecule is Brc1ccc(-c2ccccc2)cc1.Nc1ccc(-c2ccccc2)c2ccccc12.c1ccc(-c2ccc(Cc3ccc(-c4ccccc4)c4ccccc34)cc2)cc1. The van der Waals surface area contributed by atoms with Crippen LogP contribution < -0.4 is 5.73 Å². The molecular formula is C57H44BrN. The Hall–Kier alpha value is -7.00. The first-order valence-electron chi connectivity index (χ1n) is 19.9. The normalized spacial score (nSPS) is 10.6. The zero-order valence-corrected chi connectivity index (χ0v) is 34.3. The van der Waals surface area contributed by atoms with Gasteiger partial charge in [-0.3, -0.25) is 0 Å². The second-order valence-corrected chi connectivity index (χ2v) is 15.3. The molecule has 0 atom stereocenters. The number of hydrogen-bond donors (Lipinski definition) is 1. The molecule has 1 nitrogen and oxygen atoms in total. The highest BCUT2D eigenvalue weighted by atomic mass is 79.9. The van der Waals surface area contributed by atoms with Crippen LogP contribution in [0.1, 0.15) is 11.1 Å². The van der Waals surface area contributed by atoms with Crippen molar-refractivity contribution in [3.8, 4) is 44.5 Å². The van der Waals surface area contributed by atoms with Gasteiger partial charge in [0, 0.05) is 15.5 Å². The maximum absolute atomic E-state index is 6.00. The Morgan fingerprint density at radius 1 is 0.288 bits per heavy atom. The van der Waals surface area contributed by atoms with Crippen molar-refractivity contribution in [2.75, 3.05) is 5.73 Å². The number of nitrogen functional groups attached to an aromatic ring is 1. The Bertz CT molecular complexity index is 2870. The van der Waals surface area contributed by atoms with E-state index in [2.05, 4.69) is 228 Å². The van der Waals surface area contributed by atoms with Crippen molar-refractivity contribution in [1.82, 2.24) is 0 Å². The lowest BCUT2D eigenvalue weighted by Crippen LogP contribution is -1.92. The maximum atomic E-state index is 6.00. The first-order valence-corrected chi connectivity index (χ1v) is 20.7. The van der Waals surface area contributed by atoms with Crippen LogP contribution in [0, 0.1) is 0 Å². The number of halogens is 1. The van der Waals surface area contributed by atoms with E-state index in [0.717, 1.165) is 22.0 Å². The summed E-state index contributed by atoms with van der Waals surface area (Å²) in [5, 5.41) is 4.98. The van der Waals surface area contributed by atoms with E-state index in [0.29, 0.717) is 0 Å². The van der Waals surface area contributed by atoms with Gasteiger partial charge in [0.05, 0.1) is 0 Å². The summed E-state index contributed by atoms with van der Waals surface area (Å²) >= 11 is 3.42. The molecule has 0 unspecified atom stereocenters. The molecule has 0 radical (unpaired) electrons. The average Bonchev–Trinajstić information content (AvgIpc) is 3.31. The Kier molecular flexibility index (Phi) is 12.5. The molecule has 0 bridgehead atoms. The zero-order chi connectivity index (χ0) is 40.2. The standard InChI is InChI=1S/C29H22.C16H13N.C12H9Br/c1-3-9-23(10-4-1)24-17-15-22(16-18-24)21-26-19-20-28(25-11-5-2-6-12-25)29-14-8-7-13-27(26)29;17-16-11-10-13(12-6-2-1-3-7-12)14-8-4-5-9-15(14)16;13-12-8-6-11(7-9-12)10-4-2-1-3-5-10/h1-20H,21H2;1-11H,17H2;1-9H. The number of hydrogen-bond acceptors (Lipinski definition) is 1. The van der Waals surface area contributed by atoms with Crippen LogP contribution in [0.2, 0.25) is 0 Å². The monoisotopic (exact) mass is 821 g/mol. The van der Waals surface area contributed by atoms with Gasteiger partial charge >= 0.3 is 0 Å². The lowest BCUT2D eigenvalue weighted by atomic mass is 9.92. The third-order valence-electron chi connectivity index (χ3n) is 10.5. The Morgan fingerprint density at radius 3 is 1.14 bits per heavy atom. The molecule has 0 saturated carbocycles. The Morgan fingerprint density at radius 2 is 0.644 bits per heavy atom. The summed E-state index contributed by atoms with van der Waals surface area (Å²) in [6, 6.07) is 84.9. The van der Waals surface area contributed by atoms with Gasteiger partial charge in [-0.05, 0) is 96.4 Å². The first-order chi connectivity index (χ1) is 29.1. The fraction of sp³-hybridized carbons (Fsp3) is 0.0175. The van der Waals surface area contributed by atoms with Crippen molar-refractivity contribution < 1.29 is 0 Å². The topological polar surface area (TPSA) is 26.0 Å². The van der Waals surface area contributed by atoms with Crippen LogP contribution in [-0.2, 0) is 6.42 Å². The fourth-order valence-corrected chi connectivity index (χ4v) is 7.78. The number of rotatable bonds is 6. The van der Waals surface area contributed by atoms with Crippen LogP contribution in [0.3, 0.4) is 0 Å². The van der Waals surface area contributed by atoms with Gasteiger partial charge in [-0.2, -0.15) is 0 Å². The molecule has 0 fully saturated rings. The van der Waals surface area contributed by atoms with Gasteiger partial charge in [-0.1, -0.05) is 240 Å². The lowest BCUT2D eigenvalue weighted by molar-refractivity contribution is 1.21. The predicted octanol–water partition coefficient (Wildman–Crippen LogP) is 16.0. The summed E-state index contributed by atoms with van der Waals surface area (Å²) < 4.78 is 1.12. The molecule has 59 heavy (non-hydrogen) atoms. The molecule has 0 aliphatic heterocycles. The minimum Gasteiger partial charge on any atom is -0.398 e. The number of benzene rings is 10. The molecule has 0 saturated heterocycles. The lowest BCUT2D eigenvalue weighted by Gasteiger charge is -2.12. The summed E-state index contributed by atoms with van der Waals surface area (Å²) in [5.74, 6) is 0. The van der Waals surface area contributed by atoms with Crippen molar-refractivity contribution >= 4 is 43.2 Å². The van der Waals surface area contributed by atoms with Crippen LogP contribution in [0.4, 0.5) is 5.69 Å². The van der Waals surface area contributed by atoms with Crippen LogP contribution in [-0.4, -0.2) is 0 Å². The van der Waals surface area contributed by atoms with Crippen molar-refractivity contribution in [1.29, 1.82) is 0 Å². The van der Waals surface area contributed by atoms with Crippen molar-refractivity contribution in [3.63, 3.8) is 0 Å². The van der Waals surface area contributed by atoms with E-state index in [1.54, 1.807) is 0 Å². The highest BCUT2D eigenvalue weighted by molar-refractivity contribution is 9.10. The van der Waals surface area contributed by atoms with E-state index < -0.39 is 0 Å². The van der Waals surface area contributed by atoms with Crippen LogP contribution in [0.25, 0.3) is 66.1 Å². The molecule has 0 heterocycles. The van der Waals surface area contributed by atoms with E-state index in [1.807, 2.05) is 30.3 Å². The quantitative estimate of drug-likeness (QED) is 0.166. The van der Waals surface area contributed by atoms with E-state index in [9.17, 15) is 0 Å². The van der Waals surface area contributed by atoms with E-state index >= 15 is 0 Å². The van der Waals surface area contributed by atoms with Gasteiger partial charge in [-0.25, -0.2) is 0 Å². The predicted molar refractivity (Wildman–Crippen MR) is 257 cm³/mol. The summed E-state index contributed by atoms with van der Waals surface area (Å²) in [6.07, 6.45) is 0.935. The molecule has 0 amide bonds. The fourth-order valence-electron chi connectivity index (χ4n) is 7.52. The van der Waals surface area contributed by atoms with Crippen LogP contribution in [0.5, 0.6) is 0 Å². The van der Waals surface area contributed by atoms with Crippen molar-refractivity contribution in [2.45, 2.75) is 6.42 Å². The Balaban J connectivity index is 0.000000136. The molecule has 10 rings (SSSR count). The van der Waals surface area contributed by atoms with Crippen molar-refractivity contribution in [2.24, 2.45) is 0 Å². The molecule has 0 aliphatic carbocycles. The number of fused-ring (bicyclic) bond motifs is 2. The molecule has 0 spiro atoms. The van der Waals surface area contributed by atoms with Gasteiger partial charge < -0.3 is 5.73 Å². The molecule has 0 aromatic heterocycles. The molecule has 0 aliphatic rings. The second kappa shape index (κ2) is 19.0. The minimum atomic E-state index is 0.834. The highest BCUT2D eigenvalue weighted by Crippen LogP contribution is 2.33. The first kappa shape index (κ1) is 38.9. The maximum Gasteiger partial charge on any atom is 0.0394 e. The van der Waals surface area contributed by atoms with Gasteiger partial charge in [0.1, 0.15) is 0 Å². The van der Waals surface area contributed by atoms with E-state index in [-0.39, 0.29) is 0 Å².